The molecule has 1 heterocycles. The largest absolute Gasteiger partial charge is 0.328 e. The average Bonchev–Trinajstić information content (AvgIpc) is 3.20. The van der Waals surface area contributed by atoms with E-state index >= 15 is 0 Å². The van der Waals surface area contributed by atoms with Gasteiger partial charge in [-0.3, -0.25) is 4.55 Å². The third kappa shape index (κ3) is 5.03. The predicted octanol–water partition coefficient (Wildman–Crippen LogP) is 5.74. The Morgan fingerprint density at radius 1 is 0.871 bits per heavy atom. The van der Waals surface area contributed by atoms with E-state index in [9.17, 15) is 13.0 Å². The van der Waals surface area contributed by atoms with Gasteiger partial charge in [0.1, 0.15) is 0 Å². The number of rotatable bonds is 8. The number of aromatic amines is 1. The van der Waals surface area contributed by atoms with Crippen molar-refractivity contribution in [1.29, 1.82) is 0 Å². The molecule has 6 heteroatoms. The van der Waals surface area contributed by atoms with Gasteiger partial charge in [0.2, 0.25) is 0 Å². The molecule has 31 heavy (non-hydrogen) atoms. The van der Waals surface area contributed by atoms with Crippen molar-refractivity contribution in [3.05, 3.63) is 83.4 Å². The third-order valence-electron chi connectivity index (χ3n) is 5.56. The molecule has 0 atom stereocenters. The molecule has 5 nitrogen and oxygen atoms in total. The monoisotopic (exact) mass is 434 g/mol. The van der Waals surface area contributed by atoms with Crippen molar-refractivity contribution in [2.75, 3.05) is 0 Å². The Morgan fingerprint density at radius 3 is 2.29 bits per heavy atom. The van der Waals surface area contributed by atoms with Gasteiger partial charge in [-0.25, -0.2) is 4.98 Å². The van der Waals surface area contributed by atoms with Crippen molar-refractivity contribution >= 4 is 21.2 Å². The topological polar surface area (TPSA) is 83.0 Å². The van der Waals surface area contributed by atoms with Gasteiger partial charge >= 0.3 is 10.1 Å². The van der Waals surface area contributed by atoms with Crippen LogP contribution in [0.15, 0.2) is 71.9 Å². The first kappa shape index (κ1) is 21.3. The molecule has 0 saturated heterocycles. The molecular weight excluding hydrogens is 408 g/mol. The Morgan fingerprint density at radius 2 is 1.58 bits per heavy atom. The second-order valence-corrected chi connectivity index (χ2v) is 9.26. The molecule has 0 saturated carbocycles. The number of nitrogens with one attached hydrogen (secondary N) is 1. The molecule has 0 fully saturated rings. The van der Waals surface area contributed by atoms with Gasteiger partial charge in [-0.15, -0.1) is 0 Å². The Hall–Kier alpha value is -2.96. The Balaban J connectivity index is 1.59. The molecule has 160 valence electrons. The summed E-state index contributed by atoms with van der Waals surface area (Å²) >= 11 is 0. The number of aromatic nitrogens is 2. The van der Waals surface area contributed by atoms with E-state index in [1.54, 1.807) is 0 Å². The van der Waals surface area contributed by atoms with Crippen molar-refractivity contribution in [1.82, 2.24) is 9.97 Å². The van der Waals surface area contributed by atoms with Gasteiger partial charge in [0.25, 0.3) is 5.16 Å². The van der Waals surface area contributed by atoms with Gasteiger partial charge in [-0.05, 0) is 55.4 Å². The zero-order valence-corrected chi connectivity index (χ0v) is 18.3. The maximum absolute atomic E-state index is 11.6. The van der Waals surface area contributed by atoms with E-state index in [0.29, 0.717) is 11.0 Å². The highest BCUT2D eigenvalue weighted by Crippen LogP contribution is 2.33. The van der Waals surface area contributed by atoms with Crippen molar-refractivity contribution in [3.8, 4) is 11.1 Å². The summed E-state index contributed by atoms with van der Waals surface area (Å²) in [6.45, 7) is 2.03. The Labute approximate surface area is 182 Å². The lowest BCUT2D eigenvalue weighted by Crippen LogP contribution is -1.99. The first-order valence-electron chi connectivity index (χ1n) is 10.5. The predicted molar refractivity (Wildman–Crippen MR) is 124 cm³/mol. The van der Waals surface area contributed by atoms with E-state index in [1.165, 1.54) is 5.56 Å². The van der Waals surface area contributed by atoms with Crippen LogP contribution in [-0.4, -0.2) is 22.9 Å². The molecule has 0 aliphatic rings. The van der Waals surface area contributed by atoms with Crippen molar-refractivity contribution < 1.29 is 13.0 Å². The quantitative estimate of drug-likeness (QED) is 0.274. The number of fused-ring (bicyclic) bond motifs is 1. The van der Waals surface area contributed by atoms with Crippen LogP contribution in [0.3, 0.4) is 0 Å². The smallest absolute Gasteiger partial charge is 0.327 e. The number of imidazole rings is 1. The maximum Gasteiger partial charge on any atom is 0.328 e. The summed E-state index contributed by atoms with van der Waals surface area (Å²) in [7, 11) is -4.40. The molecule has 0 aliphatic heterocycles. The fraction of sp³-hybridized carbons (Fsp3) is 0.240. The molecule has 0 radical (unpaired) electrons. The van der Waals surface area contributed by atoms with E-state index < -0.39 is 15.3 Å². The molecule has 2 N–H and O–H groups in total. The number of H-pyrrole nitrogens is 1. The lowest BCUT2D eigenvalue weighted by molar-refractivity contribution is 0.476. The minimum Gasteiger partial charge on any atom is -0.327 e. The molecule has 1 aromatic heterocycles. The van der Waals surface area contributed by atoms with Crippen LogP contribution in [0.4, 0.5) is 0 Å². The summed E-state index contributed by atoms with van der Waals surface area (Å²) in [5.74, 6) is 0. The van der Waals surface area contributed by atoms with Crippen LogP contribution >= 0.6 is 0 Å². The SMILES string of the molecule is Cc1ccc(-c2c(CCCCCc3ccccc3)ccc3[nH]c(S(=O)(=O)O)nc23)cc1. The third-order valence-corrected chi connectivity index (χ3v) is 6.24. The molecule has 0 spiro atoms. The maximum atomic E-state index is 11.6. The van der Waals surface area contributed by atoms with E-state index in [1.807, 2.05) is 49.4 Å². The first-order chi connectivity index (χ1) is 14.9. The zero-order valence-electron chi connectivity index (χ0n) is 17.5. The Bertz CT molecular complexity index is 1280. The second-order valence-electron chi connectivity index (χ2n) is 7.93. The van der Waals surface area contributed by atoms with Gasteiger partial charge in [0.05, 0.1) is 11.0 Å². The van der Waals surface area contributed by atoms with Crippen LogP contribution in [0.5, 0.6) is 0 Å². The number of hydrogen-bond donors (Lipinski definition) is 2. The molecular formula is C25H26N2O3S. The lowest BCUT2D eigenvalue weighted by Gasteiger charge is -2.11. The number of nitrogens with zero attached hydrogens (tertiary/aromatic N) is 1. The molecule has 0 aliphatic carbocycles. The molecule has 0 bridgehead atoms. The summed E-state index contributed by atoms with van der Waals surface area (Å²) in [6, 6.07) is 22.5. The summed E-state index contributed by atoms with van der Waals surface area (Å²) in [6.07, 6.45) is 5.22. The van der Waals surface area contributed by atoms with Gasteiger partial charge in [0.15, 0.2) is 0 Å². The van der Waals surface area contributed by atoms with Crippen LogP contribution in [0.2, 0.25) is 0 Å². The minimum atomic E-state index is -4.40. The molecule has 4 rings (SSSR count). The van der Waals surface area contributed by atoms with E-state index in [2.05, 4.69) is 34.2 Å². The van der Waals surface area contributed by atoms with Gasteiger partial charge < -0.3 is 4.98 Å². The van der Waals surface area contributed by atoms with Crippen LogP contribution in [0.25, 0.3) is 22.2 Å². The van der Waals surface area contributed by atoms with Crippen molar-refractivity contribution in [2.24, 2.45) is 0 Å². The lowest BCUT2D eigenvalue weighted by atomic mass is 9.93. The Kier molecular flexibility index (Phi) is 6.20. The van der Waals surface area contributed by atoms with Crippen LogP contribution in [0, 0.1) is 6.92 Å². The van der Waals surface area contributed by atoms with Crippen LogP contribution < -0.4 is 0 Å². The fourth-order valence-corrected chi connectivity index (χ4v) is 4.38. The highest BCUT2D eigenvalue weighted by molar-refractivity contribution is 7.85. The van der Waals surface area contributed by atoms with Gasteiger partial charge in [-0.2, -0.15) is 8.42 Å². The number of unbranched alkanes of at least 4 members (excludes halogenated alkanes) is 2. The fourth-order valence-electron chi connectivity index (χ4n) is 3.93. The normalized spacial score (nSPS) is 11.8. The summed E-state index contributed by atoms with van der Waals surface area (Å²) < 4.78 is 32.6. The van der Waals surface area contributed by atoms with Crippen molar-refractivity contribution in [3.63, 3.8) is 0 Å². The molecule has 0 amide bonds. The van der Waals surface area contributed by atoms with E-state index in [4.69, 9.17) is 0 Å². The van der Waals surface area contributed by atoms with Crippen LogP contribution in [0.1, 0.15) is 36.0 Å². The first-order valence-corrected chi connectivity index (χ1v) is 12.0. The number of hydrogen-bond acceptors (Lipinski definition) is 3. The van der Waals surface area contributed by atoms with Gasteiger partial charge in [-0.1, -0.05) is 72.6 Å². The highest BCUT2D eigenvalue weighted by Gasteiger charge is 2.19. The minimum absolute atomic E-state index is 0.420. The summed E-state index contributed by atoms with van der Waals surface area (Å²) in [4.78, 5) is 6.96. The second kappa shape index (κ2) is 9.04. The summed E-state index contributed by atoms with van der Waals surface area (Å²) in [5.41, 5.74) is 6.71. The van der Waals surface area contributed by atoms with E-state index in [-0.39, 0.29) is 0 Å². The molecule has 0 unspecified atom stereocenters. The highest BCUT2D eigenvalue weighted by atomic mass is 32.2. The number of benzene rings is 3. The standard InChI is InChI=1S/C25H26N2O3S/c1-18-12-14-21(15-13-18)23-20(11-7-3-6-10-19-8-4-2-5-9-19)16-17-22-24(23)27-25(26-22)31(28,29)30/h2,4-5,8-9,12-17H,3,6-7,10-11H2,1H3,(H,26,27)(H,28,29,30). The van der Waals surface area contributed by atoms with E-state index in [0.717, 1.165) is 54.4 Å². The van der Waals surface area contributed by atoms with Crippen molar-refractivity contribution in [2.45, 2.75) is 44.2 Å². The zero-order chi connectivity index (χ0) is 21.8. The van der Waals surface area contributed by atoms with Crippen LogP contribution in [-0.2, 0) is 23.0 Å². The van der Waals surface area contributed by atoms with Gasteiger partial charge in [0, 0.05) is 5.56 Å². The number of aryl methyl sites for hydroxylation is 3. The average molecular weight is 435 g/mol. The molecule has 3 aromatic carbocycles. The molecule has 4 aromatic rings. The summed E-state index contributed by atoms with van der Waals surface area (Å²) in [5, 5.41) is -0.420.